The van der Waals surface area contributed by atoms with Crippen LogP contribution in [0.4, 0.5) is 0 Å². The van der Waals surface area contributed by atoms with E-state index < -0.39 is 11.5 Å². The third kappa shape index (κ3) is 6.59. The minimum atomic E-state index is -0.668. The van der Waals surface area contributed by atoms with Crippen molar-refractivity contribution in [3.8, 4) is 0 Å². The van der Waals surface area contributed by atoms with E-state index in [1.165, 1.54) is 0 Å². The molecule has 0 bridgehead atoms. The molecule has 0 saturated heterocycles. The lowest BCUT2D eigenvalue weighted by atomic mass is 9.95. The quantitative estimate of drug-likeness (QED) is 0.691. The molecule has 5 nitrogen and oxygen atoms in total. The molecule has 0 rings (SSSR count). The Balaban J connectivity index is 4.42. The van der Waals surface area contributed by atoms with Crippen molar-refractivity contribution in [1.82, 2.24) is 10.6 Å². The van der Waals surface area contributed by atoms with Crippen molar-refractivity contribution in [3.63, 3.8) is 0 Å². The van der Waals surface area contributed by atoms with Gasteiger partial charge in [-0.1, -0.05) is 41.5 Å². The molecule has 1 unspecified atom stereocenters. The van der Waals surface area contributed by atoms with Gasteiger partial charge in [-0.25, -0.2) is 0 Å². The van der Waals surface area contributed by atoms with Gasteiger partial charge >= 0.3 is 0 Å². The number of amides is 2. The van der Waals surface area contributed by atoms with Gasteiger partial charge in [-0.15, -0.1) is 0 Å². The number of hydrogen-bond donors (Lipinski definition) is 3. The Morgan fingerprint density at radius 2 is 1.61 bits per heavy atom. The fourth-order valence-electron chi connectivity index (χ4n) is 1.08. The van der Waals surface area contributed by atoms with Gasteiger partial charge in [0, 0.05) is 18.5 Å². The topological polar surface area (TPSA) is 84.2 Å². The first-order chi connectivity index (χ1) is 7.97. The van der Waals surface area contributed by atoms with E-state index in [1.807, 2.05) is 20.8 Å². The van der Waals surface area contributed by atoms with Crippen LogP contribution in [0.1, 0.15) is 41.5 Å². The van der Waals surface area contributed by atoms with Crippen molar-refractivity contribution in [1.29, 1.82) is 0 Å². The van der Waals surface area contributed by atoms with Crippen LogP contribution in [0.3, 0.4) is 0 Å². The third-order valence-electron chi connectivity index (χ3n) is 2.33. The second-order valence-electron chi connectivity index (χ2n) is 6.79. The fraction of sp³-hybridized carbons (Fsp3) is 0.846. The first kappa shape index (κ1) is 16.9. The zero-order valence-electron chi connectivity index (χ0n) is 12.4. The monoisotopic (exact) mass is 257 g/mol. The van der Waals surface area contributed by atoms with Crippen molar-refractivity contribution in [2.45, 2.75) is 47.6 Å². The van der Waals surface area contributed by atoms with Gasteiger partial charge in [-0.05, 0) is 5.41 Å². The minimum absolute atomic E-state index is 0.00282. The Morgan fingerprint density at radius 1 is 1.11 bits per heavy atom. The SMILES string of the molecule is CC(C)(C)CNC(=O)C(CN)NC(=O)C(C)(C)C. The molecule has 0 aliphatic rings. The number of rotatable bonds is 4. The average Bonchev–Trinajstić information content (AvgIpc) is 2.19. The Hall–Kier alpha value is -1.10. The molecular formula is C13H27N3O2. The smallest absolute Gasteiger partial charge is 0.243 e. The molecular weight excluding hydrogens is 230 g/mol. The summed E-state index contributed by atoms with van der Waals surface area (Å²) < 4.78 is 0. The molecule has 0 spiro atoms. The molecule has 0 aliphatic carbocycles. The lowest BCUT2D eigenvalue weighted by Gasteiger charge is -2.25. The van der Waals surface area contributed by atoms with E-state index in [9.17, 15) is 9.59 Å². The normalized spacial score (nSPS) is 13.9. The average molecular weight is 257 g/mol. The summed E-state index contributed by atoms with van der Waals surface area (Å²) in [4.78, 5) is 23.7. The van der Waals surface area contributed by atoms with Gasteiger partial charge < -0.3 is 16.4 Å². The van der Waals surface area contributed by atoms with Crippen molar-refractivity contribution in [2.75, 3.05) is 13.1 Å². The van der Waals surface area contributed by atoms with Crippen LogP contribution in [0.15, 0.2) is 0 Å². The Morgan fingerprint density at radius 3 is 1.94 bits per heavy atom. The number of hydrogen-bond acceptors (Lipinski definition) is 3. The summed E-state index contributed by atoms with van der Waals surface area (Å²) in [5.74, 6) is -0.408. The summed E-state index contributed by atoms with van der Waals surface area (Å²) >= 11 is 0. The van der Waals surface area contributed by atoms with Crippen LogP contribution in [0.2, 0.25) is 0 Å². The molecule has 18 heavy (non-hydrogen) atoms. The predicted molar refractivity (Wildman–Crippen MR) is 72.9 cm³/mol. The van der Waals surface area contributed by atoms with E-state index in [0.29, 0.717) is 6.54 Å². The van der Waals surface area contributed by atoms with E-state index in [1.54, 1.807) is 20.8 Å². The van der Waals surface area contributed by atoms with Crippen molar-refractivity contribution >= 4 is 11.8 Å². The number of carbonyl (C=O) groups excluding carboxylic acids is 2. The molecule has 0 aliphatic heterocycles. The van der Waals surface area contributed by atoms with E-state index in [0.717, 1.165) is 0 Å². The van der Waals surface area contributed by atoms with Crippen LogP contribution < -0.4 is 16.4 Å². The first-order valence-electron chi connectivity index (χ1n) is 6.26. The van der Waals surface area contributed by atoms with Crippen LogP contribution in [-0.2, 0) is 9.59 Å². The van der Waals surface area contributed by atoms with E-state index in [-0.39, 0.29) is 23.8 Å². The molecule has 1 atom stereocenters. The first-order valence-corrected chi connectivity index (χ1v) is 6.26. The third-order valence-corrected chi connectivity index (χ3v) is 2.33. The Labute approximate surface area is 110 Å². The van der Waals surface area contributed by atoms with Crippen LogP contribution >= 0.6 is 0 Å². The zero-order chi connectivity index (χ0) is 14.6. The maximum Gasteiger partial charge on any atom is 0.243 e. The highest BCUT2D eigenvalue weighted by Crippen LogP contribution is 2.13. The van der Waals surface area contributed by atoms with Crippen LogP contribution in [0.5, 0.6) is 0 Å². The van der Waals surface area contributed by atoms with Gasteiger partial charge in [0.05, 0.1) is 0 Å². The van der Waals surface area contributed by atoms with Gasteiger partial charge in [0.25, 0.3) is 0 Å². The maximum absolute atomic E-state index is 11.9. The number of nitrogens with two attached hydrogens (primary N) is 1. The molecule has 0 aromatic carbocycles. The van der Waals surface area contributed by atoms with Crippen LogP contribution in [0.25, 0.3) is 0 Å². The molecule has 0 heterocycles. The largest absolute Gasteiger partial charge is 0.354 e. The molecule has 0 saturated carbocycles. The molecule has 5 heteroatoms. The minimum Gasteiger partial charge on any atom is -0.354 e. The standard InChI is InChI=1S/C13H27N3O2/c1-12(2,3)8-15-10(17)9(7-14)16-11(18)13(4,5)6/h9H,7-8,14H2,1-6H3,(H,15,17)(H,16,18). The van der Waals surface area contributed by atoms with Gasteiger partial charge in [-0.3, -0.25) is 9.59 Å². The lowest BCUT2D eigenvalue weighted by Crippen LogP contribution is -2.54. The predicted octanol–water partition coefficient (Wildman–Crippen LogP) is 0.638. The molecule has 4 N–H and O–H groups in total. The second kappa shape index (κ2) is 6.18. The Bertz CT molecular complexity index is 300. The highest BCUT2D eigenvalue weighted by atomic mass is 16.2. The zero-order valence-corrected chi connectivity index (χ0v) is 12.4. The molecule has 0 fully saturated rings. The van der Waals surface area contributed by atoms with Gasteiger partial charge in [0.15, 0.2) is 0 Å². The fourth-order valence-corrected chi connectivity index (χ4v) is 1.08. The molecule has 106 valence electrons. The summed E-state index contributed by atoms with van der Waals surface area (Å²) in [5, 5.41) is 5.46. The lowest BCUT2D eigenvalue weighted by molar-refractivity contribution is -0.133. The summed E-state index contributed by atoms with van der Waals surface area (Å²) in [6, 6.07) is -0.668. The van der Waals surface area contributed by atoms with Crippen molar-refractivity contribution < 1.29 is 9.59 Å². The molecule has 0 aromatic heterocycles. The summed E-state index contributed by atoms with van der Waals surface area (Å²) in [7, 11) is 0. The van der Waals surface area contributed by atoms with Gasteiger partial charge in [-0.2, -0.15) is 0 Å². The summed E-state index contributed by atoms with van der Waals surface area (Å²) in [6.07, 6.45) is 0. The number of nitrogens with one attached hydrogen (secondary N) is 2. The van der Waals surface area contributed by atoms with E-state index in [2.05, 4.69) is 10.6 Å². The molecule has 0 radical (unpaired) electrons. The number of carbonyl (C=O) groups is 2. The summed E-state index contributed by atoms with van der Waals surface area (Å²) in [5.41, 5.74) is 5.00. The molecule has 0 aromatic rings. The molecule has 2 amide bonds. The van der Waals surface area contributed by atoms with Gasteiger partial charge in [0.1, 0.15) is 6.04 Å². The van der Waals surface area contributed by atoms with Crippen molar-refractivity contribution in [2.24, 2.45) is 16.6 Å². The second-order valence-corrected chi connectivity index (χ2v) is 6.79. The van der Waals surface area contributed by atoms with Crippen molar-refractivity contribution in [3.05, 3.63) is 0 Å². The van der Waals surface area contributed by atoms with Crippen LogP contribution in [-0.4, -0.2) is 30.9 Å². The Kier molecular flexibility index (Phi) is 5.80. The van der Waals surface area contributed by atoms with Gasteiger partial charge in [0.2, 0.25) is 11.8 Å². The maximum atomic E-state index is 11.9. The highest BCUT2D eigenvalue weighted by molar-refractivity contribution is 5.89. The van der Waals surface area contributed by atoms with Crippen LogP contribution in [0, 0.1) is 10.8 Å². The summed E-state index contributed by atoms with van der Waals surface area (Å²) in [6.45, 7) is 12.1. The highest BCUT2D eigenvalue weighted by Gasteiger charge is 2.27. The van der Waals surface area contributed by atoms with E-state index >= 15 is 0 Å². The van der Waals surface area contributed by atoms with E-state index in [4.69, 9.17) is 5.73 Å².